The SMILES string of the molecule is C[N+]1(C2C[I-]2)CC1. The van der Waals surface area contributed by atoms with E-state index in [1.165, 1.54) is 21.6 Å². The van der Waals surface area contributed by atoms with Crippen LogP contribution in [0.3, 0.4) is 0 Å². The molecule has 0 aromatic heterocycles. The van der Waals surface area contributed by atoms with E-state index in [1.54, 1.807) is 4.43 Å². The second kappa shape index (κ2) is 1.16. The molecular weight excluding hydrogens is 201 g/mol. The number of rotatable bonds is 1. The van der Waals surface area contributed by atoms with Gasteiger partial charge in [-0.3, -0.25) is 0 Å². The molecule has 2 saturated heterocycles. The summed E-state index contributed by atoms with van der Waals surface area (Å²) in [5.41, 5.74) is 0. The van der Waals surface area contributed by atoms with Crippen LogP contribution in [0.2, 0.25) is 0 Å². The van der Waals surface area contributed by atoms with Crippen LogP contribution in [-0.4, -0.2) is 33.1 Å². The first-order chi connectivity index (χ1) is 3.31. The van der Waals surface area contributed by atoms with Gasteiger partial charge in [-0.15, -0.1) is 0 Å². The van der Waals surface area contributed by atoms with Gasteiger partial charge in [0.2, 0.25) is 0 Å². The first-order valence-electron chi connectivity index (χ1n) is 2.73. The molecule has 0 aromatic rings. The minimum absolute atomic E-state index is 0.719. The molecule has 2 heteroatoms. The van der Waals surface area contributed by atoms with Gasteiger partial charge < -0.3 is 0 Å². The third-order valence-corrected chi connectivity index (χ3v) is 4.91. The van der Waals surface area contributed by atoms with E-state index in [9.17, 15) is 0 Å². The molecule has 1 unspecified atom stereocenters. The standard InChI is InChI=1S/C5H10IN/c1-7(2-3-7)5-4-6-5/h5H,2-4H2,1H3. The third kappa shape index (κ3) is 0.682. The second-order valence-electron chi connectivity index (χ2n) is 2.67. The number of nitrogens with zero attached hydrogens (tertiary/aromatic N) is 1. The molecule has 2 fully saturated rings. The average Bonchev–Trinajstić information content (AvgIpc) is 2.14. The number of likely N-dealkylation sites (N-methyl/N-ethyl adjacent to an activating group) is 1. The molecule has 7 heavy (non-hydrogen) atoms. The Hall–Kier alpha value is 0.690. The quantitative estimate of drug-likeness (QED) is 0.141. The van der Waals surface area contributed by atoms with Gasteiger partial charge in [0, 0.05) is 0 Å². The summed E-state index contributed by atoms with van der Waals surface area (Å²) >= 11 is 0.719. The zero-order chi connectivity index (χ0) is 4.91. The zero-order valence-corrected chi connectivity index (χ0v) is 6.68. The predicted molar refractivity (Wildman–Crippen MR) is 24.6 cm³/mol. The van der Waals surface area contributed by atoms with Gasteiger partial charge in [0.15, 0.2) is 0 Å². The number of halogens is 1. The monoisotopic (exact) mass is 211 g/mol. The van der Waals surface area contributed by atoms with Gasteiger partial charge in [-0.1, -0.05) is 0 Å². The van der Waals surface area contributed by atoms with Gasteiger partial charge in [0.25, 0.3) is 0 Å². The van der Waals surface area contributed by atoms with Gasteiger partial charge in [0.1, 0.15) is 0 Å². The van der Waals surface area contributed by atoms with Gasteiger partial charge >= 0.3 is 54.3 Å². The van der Waals surface area contributed by atoms with E-state index in [1.807, 2.05) is 0 Å². The third-order valence-electron chi connectivity index (χ3n) is 1.90. The summed E-state index contributed by atoms with van der Waals surface area (Å²) < 4.78 is 4.29. The van der Waals surface area contributed by atoms with Crippen molar-refractivity contribution in [1.29, 1.82) is 0 Å². The minimum atomic E-state index is 0.719. The molecule has 0 bridgehead atoms. The maximum atomic E-state index is 2.40. The molecule has 2 aliphatic heterocycles. The summed E-state index contributed by atoms with van der Waals surface area (Å²) in [6, 6.07) is 0. The van der Waals surface area contributed by atoms with E-state index < -0.39 is 0 Å². The van der Waals surface area contributed by atoms with Crippen LogP contribution in [0.5, 0.6) is 0 Å². The van der Waals surface area contributed by atoms with E-state index in [4.69, 9.17) is 0 Å². The normalized spacial score (nSPS) is 44.4. The van der Waals surface area contributed by atoms with Crippen LogP contribution >= 0.6 is 0 Å². The van der Waals surface area contributed by atoms with Gasteiger partial charge in [-0.2, -0.15) is 0 Å². The Morgan fingerprint density at radius 1 is 1.57 bits per heavy atom. The molecule has 2 rings (SSSR count). The second-order valence-corrected chi connectivity index (χ2v) is 5.87. The van der Waals surface area contributed by atoms with E-state index in [2.05, 4.69) is 7.05 Å². The summed E-state index contributed by atoms with van der Waals surface area (Å²) in [6.45, 7) is 2.98. The fourth-order valence-corrected chi connectivity index (χ4v) is 3.50. The summed E-state index contributed by atoms with van der Waals surface area (Å²) in [4.78, 5) is 0. The molecule has 1 atom stereocenters. The van der Waals surface area contributed by atoms with Crippen LogP contribution in [0.15, 0.2) is 0 Å². The van der Waals surface area contributed by atoms with Crippen LogP contribution in [0.1, 0.15) is 0 Å². The summed E-state index contributed by atoms with van der Waals surface area (Å²) in [6.07, 6.45) is 0. The molecule has 0 saturated carbocycles. The van der Waals surface area contributed by atoms with E-state index in [0.29, 0.717) is 0 Å². The summed E-state index contributed by atoms with van der Waals surface area (Å²) in [5, 5.41) is 0. The average molecular weight is 211 g/mol. The van der Waals surface area contributed by atoms with E-state index in [0.717, 1.165) is 21.2 Å². The van der Waals surface area contributed by atoms with Crippen LogP contribution in [0, 0.1) is 0 Å². The topological polar surface area (TPSA) is 0 Å². The first-order valence-corrected chi connectivity index (χ1v) is 5.50. The van der Waals surface area contributed by atoms with Crippen molar-refractivity contribution >= 4 is 0 Å². The first kappa shape index (κ1) is 4.56. The van der Waals surface area contributed by atoms with Crippen LogP contribution in [0.25, 0.3) is 0 Å². The molecule has 0 spiro atoms. The van der Waals surface area contributed by atoms with Crippen molar-refractivity contribution in [2.24, 2.45) is 0 Å². The Balaban J connectivity index is 2.04. The van der Waals surface area contributed by atoms with Crippen molar-refractivity contribution in [3.63, 3.8) is 0 Å². The summed E-state index contributed by atoms with van der Waals surface area (Å²) in [7, 11) is 2.40. The van der Waals surface area contributed by atoms with Crippen molar-refractivity contribution in [2.45, 2.75) is 4.05 Å². The number of hydrogen-bond donors (Lipinski definition) is 0. The Bertz CT molecular complexity index is 94.3. The molecule has 0 aliphatic carbocycles. The Labute approximate surface area is 54.5 Å². The van der Waals surface area contributed by atoms with Crippen LogP contribution in [-0.2, 0) is 0 Å². The van der Waals surface area contributed by atoms with Crippen molar-refractivity contribution in [3.8, 4) is 0 Å². The van der Waals surface area contributed by atoms with Crippen molar-refractivity contribution in [2.75, 3.05) is 24.6 Å². The maximum absolute atomic E-state index is 2.40. The fraction of sp³-hybridized carbons (Fsp3) is 1.00. The number of alkyl halides is 2. The van der Waals surface area contributed by atoms with Gasteiger partial charge in [-0.25, -0.2) is 0 Å². The molecule has 2 heterocycles. The van der Waals surface area contributed by atoms with Crippen LogP contribution in [0.4, 0.5) is 0 Å². The van der Waals surface area contributed by atoms with Gasteiger partial charge in [0.05, 0.1) is 0 Å². The molecule has 0 N–H and O–H groups in total. The molecule has 1 nitrogen and oxygen atoms in total. The number of hydrogen-bond acceptors (Lipinski definition) is 0. The Morgan fingerprint density at radius 3 is 2.29 bits per heavy atom. The van der Waals surface area contributed by atoms with Crippen molar-refractivity contribution < 1.29 is 25.7 Å². The molecule has 0 aromatic carbocycles. The molecule has 0 amide bonds. The Morgan fingerprint density at radius 2 is 2.14 bits per heavy atom. The fourth-order valence-electron chi connectivity index (χ4n) is 0.811. The van der Waals surface area contributed by atoms with E-state index in [-0.39, 0.29) is 0 Å². The van der Waals surface area contributed by atoms with Crippen molar-refractivity contribution in [1.82, 2.24) is 0 Å². The predicted octanol–water partition coefficient (Wildman–Crippen LogP) is -3.12. The van der Waals surface area contributed by atoms with Crippen molar-refractivity contribution in [3.05, 3.63) is 0 Å². The van der Waals surface area contributed by atoms with Gasteiger partial charge in [-0.05, 0) is 0 Å². The molecule has 2 aliphatic rings. The summed E-state index contributed by atoms with van der Waals surface area (Å²) in [5.74, 6) is 0. The van der Waals surface area contributed by atoms with Crippen LogP contribution < -0.4 is 21.2 Å². The van der Waals surface area contributed by atoms with E-state index >= 15 is 0 Å². The molecular formula is C5H10IN. The Kier molecular flexibility index (Phi) is 0.752. The molecule has 42 valence electrons. The zero-order valence-electron chi connectivity index (χ0n) is 4.52. The number of quaternary nitrogens is 1. The molecule has 0 radical (unpaired) electrons.